The highest BCUT2D eigenvalue weighted by Gasteiger charge is 2.34. The predicted octanol–water partition coefficient (Wildman–Crippen LogP) is 12.7. The van der Waals surface area contributed by atoms with Crippen molar-refractivity contribution in [2.24, 2.45) is 0 Å². The molecule has 0 bridgehead atoms. The lowest BCUT2D eigenvalue weighted by Gasteiger charge is -2.07. The fourth-order valence-electron chi connectivity index (χ4n) is 7.89. The van der Waals surface area contributed by atoms with E-state index in [2.05, 4.69) is 138 Å². The molecule has 0 saturated heterocycles. The van der Waals surface area contributed by atoms with Gasteiger partial charge in [0.1, 0.15) is 42.8 Å². The van der Waals surface area contributed by atoms with Gasteiger partial charge in [-0.25, -0.2) is 19.9 Å². The Balaban J connectivity index is 1.00. The van der Waals surface area contributed by atoms with Crippen molar-refractivity contribution < 1.29 is 0 Å². The minimum absolute atomic E-state index is 0.867. The average Bonchev–Trinajstić information content (AvgIpc) is 4.20. The second-order valence-corrected chi connectivity index (χ2v) is 19.0. The number of hydrogen-bond donors (Lipinski definition) is 4. The highest BCUT2D eigenvalue weighted by molar-refractivity contribution is 7.24. The Kier molecular flexibility index (Phi) is 8.61. The first-order valence-corrected chi connectivity index (χ1v) is 23.4. The third-order valence-electron chi connectivity index (χ3n) is 11.2. The standard InChI is InChI=1S/C48H28N12S4/c1-9-29(10-2-25(1)33-17-49-50-18-33)45-57-37-41(61-45)38-43(63-46(58-38)30-11-3-26(4-12-30)34-19-51-52-20-34)40-44(64-48(60-40)32-15-7-28(8-16-32)36-23-55-56-24-36)39-42(37)62-47(59-39)31-13-5-27(6-14-31)35-21-53-54-22-35/h1-24H,(H,49,50)(H,51,52)(H,53,54)(H,55,56). The second-order valence-electron chi connectivity index (χ2n) is 15.0. The zero-order valence-corrected chi connectivity index (χ0v) is 36.3. The van der Waals surface area contributed by atoms with Crippen LogP contribution in [0.4, 0.5) is 0 Å². The Morgan fingerprint density at radius 1 is 0.250 bits per heavy atom. The third-order valence-corrected chi connectivity index (χ3v) is 15.7. The number of hydrogen-bond acceptors (Lipinski definition) is 12. The zero-order chi connectivity index (χ0) is 42.1. The number of aromatic nitrogens is 12. The molecule has 0 saturated carbocycles. The van der Waals surface area contributed by atoms with Gasteiger partial charge < -0.3 is 0 Å². The van der Waals surface area contributed by atoms with E-state index in [0.29, 0.717) is 0 Å². The van der Waals surface area contributed by atoms with Crippen LogP contribution in [0.3, 0.4) is 0 Å². The molecule has 12 nitrogen and oxygen atoms in total. The van der Waals surface area contributed by atoms with Crippen molar-refractivity contribution in [1.29, 1.82) is 0 Å². The number of nitrogens with one attached hydrogen (secondary N) is 4. The van der Waals surface area contributed by atoms with Crippen molar-refractivity contribution in [3.63, 3.8) is 0 Å². The van der Waals surface area contributed by atoms with Gasteiger partial charge in [0.05, 0.1) is 44.3 Å². The van der Waals surface area contributed by atoms with Crippen molar-refractivity contribution in [1.82, 2.24) is 60.7 Å². The molecular weight excluding hydrogens is 873 g/mol. The fourth-order valence-corrected chi connectivity index (χ4v) is 12.4. The Bertz CT molecular complexity index is 2970. The number of thiazole rings is 4. The largest absolute Gasteiger partial charge is 0.285 e. The Morgan fingerprint density at radius 3 is 0.641 bits per heavy atom. The normalized spacial score (nSPS) is 11.8. The number of fused-ring (bicyclic) bond motifs is 8. The minimum atomic E-state index is 0.867. The van der Waals surface area contributed by atoms with E-state index in [9.17, 15) is 0 Å². The predicted molar refractivity (Wildman–Crippen MR) is 257 cm³/mol. The number of nitrogens with zero attached hydrogens (tertiary/aromatic N) is 8. The first-order chi connectivity index (χ1) is 31.7. The highest BCUT2D eigenvalue weighted by atomic mass is 32.1. The van der Waals surface area contributed by atoms with E-state index >= 15 is 0 Å². The lowest BCUT2D eigenvalue weighted by molar-refractivity contribution is 1.09. The van der Waals surface area contributed by atoms with E-state index < -0.39 is 0 Å². The van der Waals surface area contributed by atoms with Crippen LogP contribution in [0.5, 0.6) is 0 Å². The summed E-state index contributed by atoms with van der Waals surface area (Å²) in [6.07, 6.45) is 14.9. The van der Waals surface area contributed by atoms with Gasteiger partial charge in [-0.15, -0.1) is 45.3 Å². The maximum atomic E-state index is 5.50. The molecule has 0 spiro atoms. The molecular formula is C48H28N12S4. The molecule has 0 aliphatic heterocycles. The van der Waals surface area contributed by atoms with Gasteiger partial charge in [0.25, 0.3) is 0 Å². The molecule has 1 aliphatic rings. The van der Waals surface area contributed by atoms with Gasteiger partial charge in [-0.05, 0) is 22.3 Å². The van der Waals surface area contributed by atoms with Gasteiger partial charge in [-0.2, -0.15) is 20.4 Å². The molecule has 4 aromatic carbocycles. The molecule has 0 radical (unpaired) electrons. The summed E-state index contributed by atoms with van der Waals surface area (Å²) >= 11 is 6.62. The van der Waals surface area contributed by atoms with Crippen molar-refractivity contribution in [2.45, 2.75) is 0 Å². The summed E-state index contributed by atoms with van der Waals surface area (Å²) in [5.74, 6) is 0. The quantitative estimate of drug-likeness (QED) is 0.117. The summed E-state index contributed by atoms with van der Waals surface area (Å²) in [5.41, 5.74) is 16.0. The Labute approximate surface area is 379 Å². The third kappa shape index (κ3) is 6.30. The monoisotopic (exact) mass is 900 g/mol. The number of benzene rings is 4. The van der Waals surface area contributed by atoms with E-state index in [1.54, 1.807) is 45.3 Å². The van der Waals surface area contributed by atoms with Gasteiger partial charge in [0.2, 0.25) is 0 Å². The van der Waals surface area contributed by atoms with Crippen molar-refractivity contribution >= 4 is 45.3 Å². The molecule has 304 valence electrons. The highest BCUT2D eigenvalue weighted by Crippen LogP contribution is 2.57. The number of aromatic amines is 4. The van der Waals surface area contributed by atoms with Crippen molar-refractivity contribution in [2.75, 3.05) is 0 Å². The smallest absolute Gasteiger partial charge is 0.124 e. The molecule has 16 heteroatoms. The van der Waals surface area contributed by atoms with E-state index in [4.69, 9.17) is 19.9 Å². The van der Waals surface area contributed by atoms with Crippen LogP contribution in [-0.4, -0.2) is 60.7 Å². The molecule has 1 aliphatic carbocycles. The van der Waals surface area contributed by atoms with E-state index in [1.165, 1.54) is 0 Å². The molecule has 8 heterocycles. The van der Waals surface area contributed by atoms with Gasteiger partial charge in [-0.3, -0.25) is 20.4 Å². The first-order valence-electron chi connectivity index (χ1n) is 20.1. The molecule has 4 N–H and O–H groups in total. The summed E-state index contributed by atoms with van der Waals surface area (Å²) in [5, 5.41) is 31.9. The molecule has 0 fully saturated rings. The maximum absolute atomic E-state index is 5.50. The fraction of sp³-hybridized carbons (Fsp3) is 0. The molecule has 0 amide bonds. The lowest BCUT2D eigenvalue weighted by Crippen LogP contribution is -1.91. The van der Waals surface area contributed by atoms with Gasteiger partial charge in [0.15, 0.2) is 0 Å². The van der Waals surface area contributed by atoms with Crippen LogP contribution < -0.4 is 0 Å². The summed E-state index contributed by atoms with van der Waals surface area (Å²) < 4.78 is 0. The van der Waals surface area contributed by atoms with Crippen LogP contribution in [-0.2, 0) is 0 Å². The lowest BCUT2D eigenvalue weighted by atomic mass is 10.1. The number of H-pyrrole nitrogens is 4. The minimum Gasteiger partial charge on any atom is -0.285 e. The van der Waals surface area contributed by atoms with Crippen LogP contribution in [0.2, 0.25) is 0 Å². The summed E-state index contributed by atoms with van der Waals surface area (Å²) in [4.78, 5) is 25.9. The van der Waals surface area contributed by atoms with Crippen LogP contribution in [0.1, 0.15) is 0 Å². The van der Waals surface area contributed by atoms with Gasteiger partial charge >= 0.3 is 0 Å². The maximum Gasteiger partial charge on any atom is 0.124 e. The van der Waals surface area contributed by atoms with E-state index in [0.717, 1.165) is 129 Å². The van der Waals surface area contributed by atoms with Crippen LogP contribution in [0.25, 0.3) is 129 Å². The van der Waals surface area contributed by atoms with Crippen LogP contribution >= 0.6 is 45.3 Å². The Hall–Kier alpha value is -7.76. The van der Waals surface area contributed by atoms with Crippen molar-refractivity contribution in [3.05, 3.63) is 147 Å². The second kappa shape index (κ2) is 15.0. The zero-order valence-electron chi connectivity index (χ0n) is 33.1. The molecule has 12 aromatic rings. The Morgan fingerprint density at radius 2 is 0.453 bits per heavy atom. The van der Waals surface area contributed by atoms with E-state index in [1.807, 2.05) is 49.6 Å². The van der Waals surface area contributed by atoms with Gasteiger partial charge in [-0.1, -0.05) is 97.1 Å². The van der Waals surface area contributed by atoms with Crippen LogP contribution in [0.15, 0.2) is 147 Å². The molecule has 8 aromatic heterocycles. The summed E-state index contributed by atoms with van der Waals surface area (Å²) in [6.45, 7) is 0. The summed E-state index contributed by atoms with van der Waals surface area (Å²) in [7, 11) is 0. The first kappa shape index (κ1) is 36.9. The topological polar surface area (TPSA) is 166 Å². The van der Waals surface area contributed by atoms with Gasteiger partial charge in [0, 0.05) is 69.3 Å². The van der Waals surface area contributed by atoms with E-state index in [-0.39, 0.29) is 0 Å². The van der Waals surface area contributed by atoms with Crippen molar-refractivity contribution in [3.8, 4) is 129 Å². The van der Waals surface area contributed by atoms with Crippen LogP contribution in [0, 0.1) is 0 Å². The summed E-state index contributed by atoms with van der Waals surface area (Å²) in [6, 6.07) is 34.0. The SMILES string of the molecule is c1cc(-c2nc3c(s2)-c2nc(-c4ccc(-c5cn[nH]c5)cc4)sc2-c2nc(-c4ccc(-c5cn[nH]c5)cc4)sc2-c2nc(-c4ccc(-c5cn[nH]c5)cc4)sc2-3)ccc1-c1cn[nH]c1. The average molecular weight is 901 g/mol. The molecule has 13 rings (SSSR count). The molecule has 64 heavy (non-hydrogen) atoms. The molecule has 0 atom stereocenters. The molecule has 0 unspecified atom stereocenters. The number of rotatable bonds is 8.